The lowest BCUT2D eigenvalue weighted by atomic mass is 9.63. The standard InChI is InChI=1S/C17H25N/c1-2-12-4-6-17-15-9-11-18-10-8-13(15)5-7-16(17)14(12)3-1/h5,7,12,14-15,17-18H,1-4,6,8-11H2. The van der Waals surface area contributed by atoms with Crippen LogP contribution in [0.1, 0.15) is 44.9 Å². The summed E-state index contributed by atoms with van der Waals surface area (Å²) in [5, 5.41) is 3.58. The van der Waals surface area contributed by atoms with E-state index in [0.717, 1.165) is 23.7 Å². The molecule has 0 spiro atoms. The summed E-state index contributed by atoms with van der Waals surface area (Å²) < 4.78 is 0. The van der Waals surface area contributed by atoms with Gasteiger partial charge in [0, 0.05) is 0 Å². The minimum atomic E-state index is 0.890. The van der Waals surface area contributed by atoms with Gasteiger partial charge in [0.05, 0.1) is 0 Å². The molecule has 3 aliphatic carbocycles. The molecular weight excluding hydrogens is 218 g/mol. The quantitative estimate of drug-likeness (QED) is 0.684. The lowest BCUT2D eigenvalue weighted by Gasteiger charge is -2.42. The van der Waals surface area contributed by atoms with Crippen LogP contribution in [0.5, 0.6) is 0 Å². The van der Waals surface area contributed by atoms with Gasteiger partial charge in [0.15, 0.2) is 0 Å². The van der Waals surface area contributed by atoms with Crippen LogP contribution in [-0.4, -0.2) is 13.1 Å². The van der Waals surface area contributed by atoms with E-state index < -0.39 is 0 Å². The Morgan fingerprint density at radius 1 is 0.833 bits per heavy atom. The first-order valence-electron chi connectivity index (χ1n) is 8.05. The maximum absolute atomic E-state index is 3.58. The molecule has 0 aromatic carbocycles. The number of fused-ring (bicyclic) bond motifs is 5. The highest BCUT2D eigenvalue weighted by molar-refractivity contribution is 5.33. The van der Waals surface area contributed by atoms with Crippen molar-refractivity contribution in [2.45, 2.75) is 44.9 Å². The molecule has 4 rings (SSSR count). The first kappa shape index (κ1) is 11.3. The number of rotatable bonds is 0. The normalized spacial score (nSPS) is 43.1. The molecule has 4 atom stereocenters. The molecule has 0 radical (unpaired) electrons. The average Bonchev–Trinajstić information content (AvgIpc) is 2.75. The third kappa shape index (κ3) is 1.71. The minimum absolute atomic E-state index is 0.890. The molecule has 1 heterocycles. The van der Waals surface area contributed by atoms with Crippen LogP contribution < -0.4 is 5.32 Å². The topological polar surface area (TPSA) is 12.0 Å². The Morgan fingerprint density at radius 3 is 2.83 bits per heavy atom. The highest BCUT2D eigenvalue weighted by Crippen LogP contribution is 2.52. The molecule has 3 fully saturated rings. The van der Waals surface area contributed by atoms with E-state index in [0.29, 0.717) is 0 Å². The van der Waals surface area contributed by atoms with Gasteiger partial charge in [-0.05, 0) is 75.3 Å². The Bertz CT molecular complexity index is 392. The second kappa shape index (κ2) is 4.52. The van der Waals surface area contributed by atoms with Crippen molar-refractivity contribution in [1.82, 2.24) is 5.32 Å². The molecule has 1 nitrogen and oxygen atoms in total. The Labute approximate surface area is 111 Å². The zero-order valence-electron chi connectivity index (χ0n) is 11.3. The van der Waals surface area contributed by atoms with Crippen LogP contribution in [0.25, 0.3) is 0 Å². The van der Waals surface area contributed by atoms with Gasteiger partial charge in [-0.25, -0.2) is 0 Å². The summed E-state index contributed by atoms with van der Waals surface area (Å²) in [5.74, 6) is 3.83. The molecule has 98 valence electrons. The number of hydrogen-bond donors (Lipinski definition) is 1. The summed E-state index contributed by atoms with van der Waals surface area (Å²) >= 11 is 0. The van der Waals surface area contributed by atoms with Gasteiger partial charge in [-0.3, -0.25) is 0 Å². The van der Waals surface area contributed by atoms with Crippen LogP contribution in [0.2, 0.25) is 0 Å². The van der Waals surface area contributed by atoms with E-state index in [-0.39, 0.29) is 0 Å². The summed E-state index contributed by atoms with van der Waals surface area (Å²) in [7, 11) is 0. The van der Waals surface area contributed by atoms with Gasteiger partial charge in [0.25, 0.3) is 0 Å². The number of allylic oxidation sites excluding steroid dienone is 3. The second-order valence-electron chi connectivity index (χ2n) is 6.78. The second-order valence-corrected chi connectivity index (χ2v) is 6.78. The molecule has 4 unspecified atom stereocenters. The van der Waals surface area contributed by atoms with Crippen LogP contribution in [0.3, 0.4) is 0 Å². The smallest absolute Gasteiger partial charge is 0.00114 e. The van der Waals surface area contributed by atoms with Crippen LogP contribution in [-0.2, 0) is 0 Å². The molecule has 1 N–H and O–H groups in total. The van der Waals surface area contributed by atoms with Gasteiger partial charge in [-0.15, -0.1) is 0 Å². The number of hydrogen-bond acceptors (Lipinski definition) is 1. The molecule has 1 saturated heterocycles. The molecule has 1 aliphatic heterocycles. The van der Waals surface area contributed by atoms with E-state index >= 15 is 0 Å². The summed E-state index contributed by atoms with van der Waals surface area (Å²) in [5.41, 5.74) is 3.62. The van der Waals surface area contributed by atoms with Crippen LogP contribution in [0, 0.1) is 23.7 Å². The maximum atomic E-state index is 3.58. The molecule has 2 saturated carbocycles. The molecule has 4 aliphatic rings. The summed E-state index contributed by atoms with van der Waals surface area (Å²) in [6.45, 7) is 2.43. The fourth-order valence-corrected chi connectivity index (χ4v) is 5.19. The Kier molecular flexibility index (Phi) is 2.83. The maximum Gasteiger partial charge on any atom is -0.00114 e. The van der Waals surface area contributed by atoms with Crippen LogP contribution in [0.4, 0.5) is 0 Å². The molecule has 18 heavy (non-hydrogen) atoms. The molecule has 0 aromatic rings. The zero-order valence-corrected chi connectivity index (χ0v) is 11.3. The Balaban J connectivity index is 1.66. The van der Waals surface area contributed by atoms with Crippen molar-refractivity contribution < 1.29 is 0 Å². The fraction of sp³-hybridized carbons (Fsp3) is 0.765. The zero-order chi connectivity index (χ0) is 11.9. The van der Waals surface area contributed by atoms with Crippen molar-refractivity contribution in [3.8, 4) is 0 Å². The highest BCUT2D eigenvalue weighted by Gasteiger charge is 2.42. The van der Waals surface area contributed by atoms with E-state index in [1.54, 1.807) is 5.57 Å². The SMILES string of the molecule is C1=C2CCNCCC2C2CCC3CCCC3C2=C1. The fourth-order valence-electron chi connectivity index (χ4n) is 5.19. The average molecular weight is 243 g/mol. The molecule has 1 heteroatoms. The summed E-state index contributed by atoms with van der Waals surface area (Å²) in [6, 6.07) is 0. The van der Waals surface area contributed by atoms with Crippen molar-refractivity contribution in [1.29, 1.82) is 0 Å². The van der Waals surface area contributed by atoms with E-state index in [9.17, 15) is 0 Å². The van der Waals surface area contributed by atoms with Gasteiger partial charge in [0.2, 0.25) is 0 Å². The van der Waals surface area contributed by atoms with Gasteiger partial charge in [-0.1, -0.05) is 29.7 Å². The largest absolute Gasteiger partial charge is 0.316 e. The van der Waals surface area contributed by atoms with E-state index in [4.69, 9.17) is 0 Å². The third-order valence-corrected chi connectivity index (χ3v) is 6.04. The van der Waals surface area contributed by atoms with Gasteiger partial charge in [0.1, 0.15) is 0 Å². The number of nitrogens with one attached hydrogen (secondary N) is 1. The van der Waals surface area contributed by atoms with Crippen molar-refractivity contribution in [3.05, 3.63) is 23.3 Å². The van der Waals surface area contributed by atoms with Gasteiger partial charge >= 0.3 is 0 Å². The molecule has 0 aromatic heterocycles. The Hall–Kier alpha value is -0.560. The van der Waals surface area contributed by atoms with Gasteiger partial charge in [-0.2, -0.15) is 0 Å². The first-order chi connectivity index (χ1) is 8.93. The first-order valence-corrected chi connectivity index (χ1v) is 8.05. The summed E-state index contributed by atoms with van der Waals surface area (Å²) in [4.78, 5) is 0. The predicted molar refractivity (Wildman–Crippen MR) is 75.3 cm³/mol. The lowest BCUT2D eigenvalue weighted by molar-refractivity contribution is 0.240. The monoisotopic (exact) mass is 243 g/mol. The molecule has 0 bridgehead atoms. The molecular formula is C17H25N. The molecule has 0 amide bonds. The van der Waals surface area contributed by atoms with Crippen LogP contribution >= 0.6 is 0 Å². The highest BCUT2D eigenvalue weighted by atomic mass is 14.9. The lowest BCUT2D eigenvalue weighted by Crippen LogP contribution is -2.32. The van der Waals surface area contributed by atoms with Gasteiger partial charge < -0.3 is 5.32 Å². The van der Waals surface area contributed by atoms with E-state index in [2.05, 4.69) is 17.5 Å². The predicted octanol–water partition coefficient (Wildman–Crippen LogP) is 3.68. The van der Waals surface area contributed by atoms with Crippen molar-refractivity contribution in [3.63, 3.8) is 0 Å². The van der Waals surface area contributed by atoms with E-state index in [1.807, 2.05) is 5.57 Å². The van der Waals surface area contributed by atoms with E-state index in [1.165, 1.54) is 58.0 Å². The van der Waals surface area contributed by atoms with Crippen molar-refractivity contribution >= 4 is 0 Å². The van der Waals surface area contributed by atoms with Crippen molar-refractivity contribution in [2.75, 3.05) is 13.1 Å². The Morgan fingerprint density at radius 2 is 1.83 bits per heavy atom. The van der Waals surface area contributed by atoms with Crippen LogP contribution in [0.15, 0.2) is 23.3 Å². The summed E-state index contributed by atoms with van der Waals surface area (Å²) in [6.07, 6.45) is 15.2. The third-order valence-electron chi connectivity index (χ3n) is 6.04. The minimum Gasteiger partial charge on any atom is -0.316 e. The van der Waals surface area contributed by atoms with Crippen molar-refractivity contribution in [2.24, 2.45) is 23.7 Å².